The molecule has 2 aromatic rings. The predicted molar refractivity (Wildman–Crippen MR) is 88.8 cm³/mol. The Balaban J connectivity index is 2.48. The van der Waals surface area contributed by atoms with Crippen molar-refractivity contribution in [3.63, 3.8) is 0 Å². The van der Waals surface area contributed by atoms with Gasteiger partial charge in [-0.25, -0.2) is 4.39 Å². The fraction of sp³-hybridized carbons (Fsp3) is 0.0714. The number of anilines is 2. The van der Waals surface area contributed by atoms with Gasteiger partial charge in [0.1, 0.15) is 4.99 Å². The molecule has 2 nitrogen and oxygen atoms in total. The van der Waals surface area contributed by atoms with E-state index in [9.17, 15) is 4.39 Å². The lowest BCUT2D eigenvalue weighted by Gasteiger charge is -2.15. The van der Waals surface area contributed by atoms with E-state index >= 15 is 0 Å². The van der Waals surface area contributed by atoms with Crippen LogP contribution in [0, 0.1) is 5.82 Å². The predicted octanol–water partition coefficient (Wildman–Crippen LogP) is 4.58. The number of rotatable bonds is 4. The molecule has 0 aromatic heterocycles. The summed E-state index contributed by atoms with van der Waals surface area (Å²) in [6.07, 6.45) is 1.93. The zero-order valence-electron chi connectivity index (χ0n) is 10.6. The maximum absolute atomic E-state index is 13.9. The Morgan fingerprint density at radius 2 is 1.90 bits per heavy atom. The van der Waals surface area contributed by atoms with Crippen molar-refractivity contribution in [3.05, 3.63) is 52.8 Å². The van der Waals surface area contributed by atoms with Crippen molar-refractivity contribution in [1.82, 2.24) is 0 Å². The first kappa shape index (κ1) is 15.1. The Bertz CT molecular complexity index is 662. The summed E-state index contributed by atoms with van der Waals surface area (Å²) >= 11 is 12.4. The second-order valence-corrected chi connectivity index (χ2v) is 5.67. The van der Waals surface area contributed by atoms with E-state index in [1.165, 1.54) is 17.8 Å². The maximum Gasteiger partial charge on any atom is 0.165 e. The molecule has 0 aliphatic rings. The Kier molecular flexibility index (Phi) is 4.86. The molecule has 0 fully saturated rings. The van der Waals surface area contributed by atoms with Crippen LogP contribution in [-0.2, 0) is 0 Å². The SMILES string of the molecule is CSc1cccc(Nc2cccc(Cl)c2F)c1C(N)=S. The first-order valence-electron chi connectivity index (χ1n) is 5.72. The van der Waals surface area contributed by atoms with Gasteiger partial charge in [0.2, 0.25) is 0 Å². The summed E-state index contributed by atoms with van der Waals surface area (Å²) in [5, 5.41) is 3.06. The van der Waals surface area contributed by atoms with Crippen LogP contribution < -0.4 is 11.1 Å². The van der Waals surface area contributed by atoms with Crippen LogP contribution in [0.2, 0.25) is 5.02 Å². The lowest BCUT2D eigenvalue weighted by molar-refractivity contribution is 0.632. The molecule has 0 amide bonds. The molecule has 2 aromatic carbocycles. The number of hydrogen-bond donors (Lipinski definition) is 2. The van der Waals surface area contributed by atoms with Crippen molar-refractivity contribution in [2.75, 3.05) is 11.6 Å². The topological polar surface area (TPSA) is 38.0 Å². The van der Waals surface area contributed by atoms with Crippen LogP contribution in [0.3, 0.4) is 0 Å². The van der Waals surface area contributed by atoms with Gasteiger partial charge < -0.3 is 11.1 Å². The van der Waals surface area contributed by atoms with E-state index in [1.54, 1.807) is 18.2 Å². The molecule has 2 rings (SSSR count). The minimum atomic E-state index is -0.502. The third kappa shape index (κ3) is 3.06. The highest BCUT2D eigenvalue weighted by molar-refractivity contribution is 7.98. The molecule has 0 aliphatic heterocycles. The Morgan fingerprint density at radius 1 is 1.25 bits per heavy atom. The van der Waals surface area contributed by atoms with Crippen LogP contribution in [0.25, 0.3) is 0 Å². The van der Waals surface area contributed by atoms with Gasteiger partial charge in [0, 0.05) is 16.1 Å². The van der Waals surface area contributed by atoms with Crippen LogP contribution in [0.1, 0.15) is 5.56 Å². The van der Waals surface area contributed by atoms with Crippen molar-refractivity contribution in [2.24, 2.45) is 5.73 Å². The summed E-state index contributed by atoms with van der Waals surface area (Å²) in [5.74, 6) is -0.502. The molecule has 0 bridgehead atoms. The van der Waals surface area contributed by atoms with Gasteiger partial charge in [-0.2, -0.15) is 0 Å². The number of nitrogens with two attached hydrogens (primary N) is 1. The van der Waals surface area contributed by atoms with Crippen molar-refractivity contribution in [3.8, 4) is 0 Å². The molecular formula is C14H12ClFN2S2. The second kappa shape index (κ2) is 6.43. The van der Waals surface area contributed by atoms with Crippen molar-refractivity contribution in [1.29, 1.82) is 0 Å². The van der Waals surface area contributed by atoms with Gasteiger partial charge in [-0.05, 0) is 30.5 Å². The molecule has 20 heavy (non-hydrogen) atoms. The number of thioether (sulfide) groups is 1. The van der Waals surface area contributed by atoms with Crippen LogP contribution in [0.5, 0.6) is 0 Å². The van der Waals surface area contributed by atoms with E-state index in [2.05, 4.69) is 5.32 Å². The molecule has 104 valence electrons. The van der Waals surface area contributed by atoms with E-state index in [1.807, 2.05) is 18.4 Å². The third-order valence-corrected chi connectivity index (χ3v) is 3.99. The second-order valence-electron chi connectivity index (χ2n) is 3.97. The molecule has 0 aliphatic carbocycles. The molecule has 0 spiro atoms. The van der Waals surface area contributed by atoms with Crippen LogP contribution in [-0.4, -0.2) is 11.2 Å². The number of halogens is 2. The molecule has 0 saturated carbocycles. The maximum atomic E-state index is 13.9. The summed E-state index contributed by atoms with van der Waals surface area (Å²) in [6.45, 7) is 0. The minimum Gasteiger partial charge on any atom is -0.389 e. The van der Waals surface area contributed by atoms with Crippen molar-refractivity contribution < 1.29 is 4.39 Å². The summed E-state index contributed by atoms with van der Waals surface area (Å²) in [6, 6.07) is 10.4. The fourth-order valence-corrected chi connectivity index (χ4v) is 2.90. The highest BCUT2D eigenvalue weighted by Gasteiger charge is 2.13. The van der Waals surface area contributed by atoms with Gasteiger partial charge in [0.15, 0.2) is 5.82 Å². The largest absolute Gasteiger partial charge is 0.389 e. The zero-order chi connectivity index (χ0) is 14.7. The highest BCUT2D eigenvalue weighted by Crippen LogP contribution is 2.31. The minimum absolute atomic E-state index is 0.0629. The van der Waals surface area contributed by atoms with Gasteiger partial charge in [0.25, 0.3) is 0 Å². The number of benzene rings is 2. The van der Waals surface area contributed by atoms with E-state index in [0.717, 1.165) is 4.90 Å². The van der Waals surface area contributed by atoms with E-state index in [0.29, 0.717) is 11.3 Å². The Labute approximate surface area is 131 Å². The number of hydrogen-bond acceptors (Lipinski definition) is 3. The Hall–Kier alpha value is -1.30. The average Bonchev–Trinajstić information content (AvgIpc) is 2.43. The van der Waals surface area contributed by atoms with Gasteiger partial charge in [-0.15, -0.1) is 11.8 Å². The molecule has 0 saturated heterocycles. The van der Waals surface area contributed by atoms with Crippen molar-refractivity contribution in [2.45, 2.75) is 4.90 Å². The molecule has 0 heterocycles. The first-order chi connectivity index (χ1) is 9.54. The zero-order valence-corrected chi connectivity index (χ0v) is 13.0. The number of nitrogens with one attached hydrogen (secondary N) is 1. The lowest BCUT2D eigenvalue weighted by atomic mass is 10.1. The van der Waals surface area contributed by atoms with Crippen LogP contribution >= 0.6 is 35.6 Å². The standard InChI is InChI=1S/C14H12ClFN2S2/c1-20-11-7-3-5-9(12(11)14(17)19)18-10-6-2-4-8(15)13(10)16/h2-7,18H,1H3,(H2,17,19). The molecule has 0 unspecified atom stereocenters. The monoisotopic (exact) mass is 326 g/mol. The summed E-state index contributed by atoms with van der Waals surface area (Å²) in [7, 11) is 0. The number of thiocarbonyl (C=S) groups is 1. The summed E-state index contributed by atoms with van der Waals surface area (Å²) in [4.78, 5) is 1.20. The van der Waals surface area contributed by atoms with Gasteiger partial charge in [-0.3, -0.25) is 0 Å². The van der Waals surface area contributed by atoms with E-state index < -0.39 is 5.82 Å². The highest BCUT2D eigenvalue weighted by atomic mass is 35.5. The molecule has 6 heteroatoms. The quantitative estimate of drug-likeness (QED) is 0.637. The summed E-state index contributed by atoms with van der Waals surface area (Å²) < 4.78 is 13.9. The molecular weight excluding hydrogens is 315 g/mol. The van der Waals surface area contributed by atoms with Crippen LogP contribution in [0.4, 0.5) is 15.8 Å². The molecule has 0 atom stereocenters. The first-order valence-corrected chi connectivity index (χ1v) is 7.73. The normalized spacial score (nSPS) is 10.3. The Morgan fingerprint density at radius 3 is 2.55 bits per heavy atom. The molecule has 0 radical (unpaired) electrons. The van der Waals surface area contributed by atoms with Crippen molar-refractivity contribution >= 4 is 51.9 Å². The summed E-state index contributed by atoms with van der Waals surface area (Å²) in [5.41, 5.74) is 7.42. The van der Waals surface area contributed by atoms with E-state index in [4.69, 9.17) is 29.6 Å². The smallest absolute Gasteiger partial charge is 0.165 e. The van der Waals surface area contributed by atoms with E-state index in [-0.39, 0.29) is 15.7 Å². The van der Waals surface area contributed by atoms with Gasteiger partial charge >= 0.3 is 0 Å². The fourth-order valence-electron chi connectivity index (χ4n) is 1.80. The van der Waals surface area contributed by atoms with Gasteiger partial charge in [0.05, 0.1) is 10.7 Å². The van der Waals surface area contributed by atoms with Gasteiger partial charge in [-0.1, -0.05) is 36.0 Å². The lowest BCUT2D eigenvalue weighted by Crippen LogP contribution is -2.13. The van der Waals surface area contributed by atoms with Crippen LogP contribution in [0.15, 0.2) is 41.3 Å². The molecule has 3 N–H and O–H groups in total. The average molecular weight is 327 g/mol. The third-order valence-electron chi connectivity index (χ3n) is 2.71.